The minimum atomic E-state index is -0.871. The fourth-order valence-corrected chi connectivity index (χ4v) is 3.91. The summed E-state index contributed by atoms with van der Waals surface area (Å²) in [6, 6.07) is 15.3. The zero-order valence-corrected chi connectivity index (χ0v) is 16.9. The Morgan fingerprint density at radius 3 is 2.72 bits per heavy atom. The highest BCUT2D eigenvalue weighted by atomic mass is 32.1. The van der Waals surface area contributed by atoms with Crippen LogP contribution in [-0.4, -0.2) is 29.5 Å². The maximum atomic E-state index is 12.6. The van der Waals surface area contributed by atoms with Crippen LogP contribution in [-0.2, 0) is 20.9 Å². The lowest BCUT2D eigenvalue weighted by molar-refractivity contribution is -0.153. The molecule has 2 aromatic carbocycles. The van der Waals surface area contributed by atoms with Gasteiger partial charge < -0.3 is 14.4 Å². The average molecular weight is 408 g/mol. The van der Waals surface area contributed by atoms with Crippen molar-refractivity contribution in [1.82, 2.24) is 4.98 Å². The van der Waals surface area contributed by atoms with Gasteiger partial charge in [-0.2, -0.15) is 0 Å². The number of carbonyl (C=O) groups is 2. The number of fused-ring (bicyclic) bond motifs is 1. The first-order chi connectivity index (χ1) is 14.0. The van der Waals surface area contributed by atoms with Gasteiger partial charge in [-0.15, -0.1) is 11.3 Å². The quantitative estimate of drug-likeness (QED) is 0.611. The molecule has 7 heteroatoms. The SMILES string of the molecule is CC(=O)N1C[C@@H](C(=O)OCc2csc(-c3ccc(C)cc3)n2)Oc2ccccc21. The lowest BCUT2D eigenvalue weighted by Gasteiger charge is -2.33. The first-order valence-electron chi connectivity index (χ1n) is 9.23. The van der Waals surface area contributed by atoms with Crippen LogP contribution >= 0.6 is 11.3 Å². The van der Waals surface area contributed by atoms with Crippen molar-refractivity contribution >= 4 is 28.9 Å². The average Bonchev–Trinajstić information content (AvgIpc) is 3.20. The highest BCUT2D eigenvalue weighted by Gasteiger charge is 2.33. The van der Waals surface area contributed by atoms with Gasteiger partial charge in [0, 0.05) is 17.9 Å². The molecule has 1 atom stereocenters. The molecule has 29 heavy (non-hydrogen) atoms. The number of amides is 1. The molecular formula is C22H20N2O4S. The molecule has 0 saturated heterocycles. The van der Waals surface area contributed by atoms with Crippen LogP contribution in [0.1, 0.15) is 18.2 Å². The summed E-state index contributed by atoms with van der Waals surface area (Å²) in [5.41, 5.74) is 3.56. The number of aryl methyl sites for hydroxylation is 1. The van der Waals surface area contributed by atoms with Gasteiger partial charge in [-0.1, -0.05) is 42.0 Å². The Labute approximate surface area is 172 Å². The van der Waals surface area contributed by atoms with Crippen LogP contribution in [0.15, 0.2) is 53.9 Å². The molecule has 4 rings (SSSR count). The number of hydrogen-bond acceptors (Lipinski definition) is 6. The molecule has 6 nitrogen and oxygen atoms in total. The second kappa shape index (κ2) is 8.05. The largest absolute Gasteiger partial charge is 0.475 e. The van der Waals surface area contributed by atoms with Crippen molar-refractivity contribution in [3.05, 3.63) is 65.2 Å². The summed E-state index contributed by atoms with van der Waals surface area (Å²) >= 11 is 1.50. The maximum Gasteiger partial charge on any atom is 0.349 e. The van der Waals surface area contributed by atoms with Gasteiger partial charge in [-0.25, -0.2) is 9.78 Å². The van der Waals surface area contributed by atoms with Gasteiger partial charge in [0.05, 0.1) is 17.9 Å². The summed E-state index contributed by atoms with van der Waals surface area (Å²) in [6.07, 6.45) is -0.871. The minimum absolute atomic E-state index is 0.0583. The highest BCUT2D eigenvalue weighted by Crippen LogP contribution is 2.33. The Morgan fingerprint density at radius 1 is 1.21 bits per heavy atom. The van der Waals surface area contributed by atoms with Crippen LogP contribution in [0.25, 0.3) is 10.6 Å². The van der Waals surface area contributed by atoms with E-state index in [0.717, 1.165) is 10.6 Å². The Bertz CT molecular complexity index is 1040. The van der Waals surface area contributed by atoms with Crippen molar-refractivity contribution in [2.24, 2.45) is 0 Å². The lowest BCUT2D eigenvalue weighted by atomic mass is 10.2. The molecule has 0 unspecified atom stereocenters. The van der Waals surface area contributed by atoms with Crippen molar-refractivity contribution < 1.29 is 19.1 Å². The number of para-hydroxylation sites is 2. The summed E-state index contributed by atoms with van der Waals surface area (Å²) in [5.74, 6) is -0.178. The zero-order chi connectivity index (χ0) is 20.4. The number of hydrogen-bond donors (Lipinski definition) is 0. The molecule has 0 N–H and O–H groups in total. The Morgan fingerprint density at radius 2 is 1.97 bits per heavy atom. The Hall–Kier alpha value is -3.19. The maximum absolute atomic E-state index is 12.6. The summed E-state index contributed by atoms with van der Waals surface area (Å²) < 4.78 is 11.2. The van der Waals surface area contributed by atoms with E-state index in [1.54, 1.807) is 18.2 Å². The molecule has 0 fully saturated rings. The van der Waals surface area contributed by atoms with Gasteiger partial charge in [-0.05, 0) is 19.1 Å². The summed E-state index contributed by atoms with van der Waals surface area (Å²) in [4.78, 5) is 30.6. The zero-order valence-electron chi connectivity index (χ0n) is 16.1. The third-order valence-corrected chi connectivity index (χ3v) is 5.57. The van der Waals surface area contributed by atoms with Crippen molar-refractivity contribution in [3.8, 4) is 16.3 Å². The van der Waals surface area contributed by atoms with Crippen LogP contribution in [0.5, 0.6) is 5.75 Å². The molecule has 0 bridgehead atoms. The second-order valence-corrected chi connectivity index (χ2v) is 7.68. The molecule has 1 aromatic heterocycles. The van der Waals surface area contributed by atoms with Crippen molar-refractivity contribution in [2.75, 3.05) is 11.4 Å². The molecule has 0 radical (unpaired) electrons. The fraction of sp³-hybridized carbons (Fsp3) is 0.227. The van der Waals surface area contributed by atoms with Gasteiger partial charge in [0.15, 0.2) is 0 Å². The molecule has 0 spiro atoms. The number of aromatic nitrogens is 1. The third-order valence-electron chi connectivity index (χ3n) is 4.63. The van der Waals surface area contributed by atoms with E-state index >= 15 is 0 Å². The molecule has 3 aromatic rings. The van der Waals surface area contributed by atoms with Gasteiger partial charge in [0.25, 0.3) is 0 Å². The van der Waals surface area contributed by atoms with Crippen LogP contribution in [0.3, 0.4) is 0 Å². The number of benzene rings is 2. The van der Waals surface area contributed by atoms with Crippen LogP contribution < -0.4 is 9.64 Å². The van der Waals surface area contributed by atoms with E-state index < -0.39 is 12.1 Å². The molecule has 1 aliphatic rings. The van der Waals surface area contributed by atoms with E-state index in [4.69, 9.17) is 9.47 Å². The fourth-order valence-electron chi connectivity index (χ4n) is 3.10. The predicted octanol–water partition coefficient (Wildman–Crippen LogP) is 3.98. The summed E-state index contributed by atoms with van der Waals surface area (Å²) in [6.45, 7) is 3.68. The van der Waals surface area contributed by atoms with E-state index in [1.165, 1.54) is 28.7 Å². The van der Waals surface area contributed by atoms with E-state index in [0.29, 0.717) is 17.1 Å². The normalized spacial score (nSPS) is 15.4. The van der Waals surface area contributed by atoms with Gasteiger partial charge >= 0.3 is 5.97 Å². The monoisotopic (exact) mass is 408 g/mol. The van der Waals surface area contributed by atoms with E-state index in [9.17, 15) is 9.59 Å². The molecule has 2 heterocycles. The van der Waals surface area contributed by atoms with E-state index in [1.807, 2.05) is 42.6 Å². The van der Waals surface area contributed by atoms with Crippen molar-refractivity contribution in [2.45, 2.75) is 26.6 Å². The smallest absolute Gasteiger partial charge is 0.349 e. The minimum Gasteiger partial charge on any atom is -0.475 e. The Kier molecular flexibility index (Phi) is 5.31. The van der Waals surface area contributed by atoms with Crippen LogP contribution in [0.4, 0.5) is 5.69 Å². The number of esters is 1. The molecule has 0 saturated carbocycles. The van der Waals surface area contributed by atoms with Crippen molar-refractivity contribution in [3.63, 3.8) is 0 Å². The number of rotatable bonds is 4. The second-order valence-electron chi connectivity index (χ2n) is 6.82. The first-order valence-corrected chi connectivity index (χ1v) is 10.1. The van der Waals surface area contributed by atoms with Gasteiger partial charge in [0.1, 0.15) is 17.4 Å². The molecule has 0 aliphatic carbocycles. The van der Waals surface area contributed by atoms with Gasteiger partial charge in [0.2, 0.25) is 12.0 Å². The number of ether oxygens (including phenoxy) is 2. The number of carbonyl (C=O) groups excluding carboxylic acids is 2. The predicted molar refractivity (Wildman–Crippen MR) is 111 cm³/mol. The first kappa shape index (κ1) is 19.1. The molecular weight excluding hydrogens is 388 g/mol. The van der Waals surface area contributed by atoms with E-state index in [2.05, 4.69) is 4.98 Å². The lowest BCUT2D eigenvalue weighted by Crippen LogP contribution is -2.47. The number of nitrogens with zero attached hydrogens (tertiary/aromatic N) is 2. The van der Waals surface area contributed by atoms with Crippen LogP contribution in [0.2, 0.25) is 0 Å². The van der Waals surface area contributed by atoms with E-state index in [-0.39, 0.29) is 19.1 Å². The summed E-state index contributed by atoms with van der Waals surface area (Å²) in [5, 5.41) is 2.75. The standard InChI is InChI=1S/C22H20N2O4S/c1-14-7-9-16(10-8-14)21-23-17(13-29-21)12-27-22(26)20-11-24(15(2)25)18-5-3-4-6-19(18)28-20/h3-10,13,20H,11-12H2,1-2H3/t20-/m0/s1. The summed E-state index contributed by atoms with van der Waals surface area (Å²) in [7, 11) is 0. The highest BCUT2D eigenvalue weighted by molar-refractivity contribution is 7.13. The van der Waals surface area contributed by atoms with Crippen LogP contribution in [0, 0.1) is 6.92 Å². The molecule has 1 aliphatic heterocycles. The Balaban J connectivity index is 1.41. The molecule has 1 amide bonds. The number of anilines is 1. The molecule has 148 valence electrons. The third kappa shape index (κ3) is 4.14. The van der Waals surface area contributed by atoms with Gasteiger partial charge in [-0.3, -0.25) is 4.79 Å². The topological polar surface area (TPSA) is 68.7 Å². The van der Waals surface area contributed by atoms with Crippen molar-refractivity contribution in [1.29, 1.82) is 0 Å². The number of thiazole rings is 1.